The third kappa shape index (κ3) is 4.15. The van der Waals surface area contributed by atoms with E-state index in [0.29, 0.717) is 13.1 Å². The molecule has 0 amide bonds. The molecule has 0 saturated heterocycles. The van der Waals surface area contributed by atoms with Gasteiger partial charge in [-0.1, -0.05) is 48.5 Å². The van der Waals surface area contributed by atoms with Gasteiger partial charge in [0.15, 0.2) is 0 Å². The van der Waals surface area contributed by atoms with Gasteiger partial charge in [-0.15, -0.1) is 0 Å². The lowest BCUT2D eigenvalue weighted by Crippen LogP contribution is -2.20. The standard InChI is InChI=1S/C24H23N5O3/c1-3-28(21-10-6-8-18-7-4-5-9-20(18)21)24-22(29(30)31)23(26-16-27-24)25-15-17-11-13-19(32-2)14-12-17/h4-14,16H,3,15H2,1-2H3,(H,25,26,27). The zero-order chi connectivity index (χ0) is 22.5. The van der Waals surface area contributed by atoms with Crippen molar-refractivity contribution in [1.82, 2.24) is 9.97 Å². The van der Waals surface area contributed by atoms with Gasteiger partial charge in [-0.05, 0) is 36.1 Å². The third-order valence-corrected chi connectivity index (χ3v) is 5.23. The number of hydrogen-bond donors (Lipinski definition) is 1. The fraction of sp³-hybridized carbons (Fsp3) is 0.167. The molecule has 1 heterocycles. The fourth-order valence-corrected chi connectivity index (χ4v) is 3.67. The minimum atomic E-state index is -0.431. The van der Waals surface area contributed by atoms with Crippen LogP contribution in [0.5, 0.6) is 5.75 Å². The first-order valence-corrected chi connectivity index (χ1v) is 10.2. The van der Waals surface area contributed by atoms with Crippen LogP contribution in [0.2, 0.25) is 0 Å². The lowest BCUT2D eigenvalue weighted by atomic mass is 10.1. The fourth-order valence-electron chi connectivity index (χ4n) is 3.67. The lowest BCUT2D eigenvalue weighted by Gasteiger charge is -2.24. The molecule has 32 heavy (non-hydrogen) atoms. The Morgan fingerprint density at radius 2 is 1.78 bits per heavy atom. The molecule has 0 bridgehead atoms. The van der Waals surface area contributed by atoms with Gasteiger partial charge in [-0.3, -0.25) is 10.1 Å². The van der Waals surface area contributed by atoms with Crippen LogP contribution < -0.4 is 15.0 Å². The number of rotatable bonds is 8. The van der Waals surface area contributed by atoms with Crippen LogP contribution in [-0.2, 0) is 6.54 Å². The molecular formula is C24H23N5O3. The van der Waals surface area contributed by atoms with Gasteiger partial charge in [0.1, 0.15) is 12.1 Å². The molecule has 1 N–H and O–H groups in total. The van der Waals surface area contributed by atoms with Gasteiger partial charge in [0.05, 0.1) is 17.7 Å². The maximum Gasteiger partial charge on any atom is 0.353 e. The topological polar surface area (TPSA) is 93.4 Å². The Bertz CT molecular complexity index is 1240. The van der Waals surface area contributed by atoms with Crippen molar-refractivity contribution >= 4 is 33.8 Å². The first-order valence-electron chi connectivity index (χ1n) is 10.2. The van der Waals surface area contributed by atoms with E-state index in [0.717, 1.165) is 27.8 Å². The molecule has 3 aromatic carbocycles. The number of ether oxygens (including phenoxy) is 1. The molecule has 162 valence electrons. The molecule has 8 heteroatoms. The molecule has 0 radical (unpaired) electrons. The van der Waals surface area contributed by atoms with E-state index in [2.05, 4.69) is 15.3 Å². The minimum absolute atomic E-state index is 0.157. The molecule has 0 aliphatic rings. The van der Waals surface area contributed by atoms with Crippen LogP contribution in [0.3, 0.4) is 0 Å². The maximum absolute atomic E-state index is 12.1. The van der Waals surface area contributed by atoms with Crippen LogP contribution in [0, 0.1) is 10.1 Å². The number of fused-ring (bicyclic) bond motifs is 1. The molecular weight excluding hydrogens is 406 g/mol. The number of hydrogen-bond acceptors (Lipinski definition) is 7. The summed E-state index contributed by atoms with van der Waals surface area (Å²) in [6, 6.07) is 21.3. The van der Waals surface area contributed by atoms with Gasteiger partial charge in [-0.25, -0.2) is 9.97 Å². The Morgan fingerprint density at radius 3 is 2.50 bits per heavy atom. The van der Waals surface area contributed by atoms with E-state index in [9.17, 15) is 10.1 Å². The predicted octanol–water partition coefficient (Wildman–Crippen LogP) is 5.32. The predicted molar refractivity (Wildman–Crippen MR) is 126 cm³/mol. The molecule has 0 aliphatic heterocycles. The van der Waals surface area contributed by atoms with Gasteiger partial charge in [-0.2, -0.15) is 0 Å². The number of methoxy groups -OCH3 is 1. The van der Waals surface area contributed by atoms with Crippen molar-refractivity contribution in [3.05, 3.63) is 88.7 Å². The Morgan fingerprint density at radius 1 is 1.03 bits per heavy atom. The van der Waals surface area contributed by atoms with E-state index < -0.39 is 4.92 Å². The van der Waals surface area contributed by atoms with E-state index in [1.54, 1.807) is 7.11 Å². The highest BCUT2D eigenvalue weighted by Crippen LogP contribution is 2.38. The van der Waals surface area contributed by atoms with Crippen molar-refractivity contribution < 1.29 is 9.66 Å². The Hall–Kier alpha value is -4.20. The zero-order valence-electron chi connectivity index (χ0n) is 17.9. The molecule has 0 atom stereocenters. The molecule has 0 saturated carbocycles. The monoisotopic (exact) mass is 429 g/mol. The number of anilines is 3. The van der Waals surface area contributed by atoms with Gasteiger partial charge in [0.2, 0.25) is 11.6 Å². The second-order valence-corrected chi connectivity index (χ2v) is 7.10. The Balaban J connectivity index is 1.72. The van der Waals surface area contributed by atoms with E-state index in [1.165, 1.54) is 6.33 Å². The summed E-state index contributed by atoms with van der Waals surface area (Å²) in [6.07, 6.45) is 1.35. The summed E-state index contributed by atoms with van der Waals surface area (Å²) in [7, 11) is 1.61. The van der Waals surface area contributed by atoms with Crippen molar-refractivity contribution in [3.63, 3.8) is 0 Å². The summed E-state index contributed by atoms with van der Waals surface area (Å²) >= 11 is 0. The molecule has 0 aliphatic carbocycles. The number of nitrogens with zero attached hydrogens (tertiary/aromatic N) is 4. The maximum atomic E-state index is 12.1. The number of aromatic nitrogens is 2. The summed E-state index contributed by atoms with van der Waals surface area (Å²) in [5, 5.41) is 17.2. The zero-order valence-corrected chi connectivity index (χ0v) is 17.9. The average Bonchev–Trinajstić information content (AvgIpc) is 2.83. The lowest BCUT2D eigenvalue weighted by molar-refractivity contribution is -0.383. The van der Waals surface area contributed by atoms with Crippen LogP contribution in [0.25, 0.3) is 10.8 Å². The number of benzene rings is 3. The van der Waals surface area contributed by atoms with Crippen LogP contribution in [-0.4, -0.2) is 28.5 Å². The highest BCUT2D eigenvalue weighted by Gasteiger charge is 2.28. The highest BCUT2D eigenvalue weighted by molar-refractivity contribution is 5.96. The number of nitrogens with one attached hydrogen (secondary N) is 1. The minimum Gasteiger partial charge on any atom is -0.497 e. The molecule has 4 rings (SSSR count). The SMILES string of the molecule is CCN(c1ncnc(NCc2ccc(OC)cc2)c1[N+](=O)[O-])c1cccc2ccccc12. The highest BCUT2D eigenvalue weighted by atomic mass is 16.6. The van der Waals surface area contributed by atoms with Gasteiger partial charge in [0.25, 0.3) is 0 Å². The molecule has 1 aromatic heterocycles. The van der Waals surface area contributed by atoms with Gasteiger partial charge >= 0.3 is 5.69 Å². The third-order valence-electron chi connectivity index (χ3n) is 5.23. The van der Waals surface area contributed by atoms with Crippen molar-refractivity contribution in [2.45, 2.75) is 13.5 Å². The smallest absolute Gasteiger partial charge is 0.353 e. The Labute approximate surface area is 185 Å². The van der Waals surface area contributed by atoms with E-state index in [4.69, 9.17) is 4.74 Å². The summed E-state index contributed by atoms with van der Waals surface area (Å²) in [6.45, 7) is 2.82. The van der Waals surface area contributed by atoms with E-state index in [-0.39, 0.29) is 17.3 Å². The quantitative estimate of drug-likeness (QED) is 0.299. The molecule has 8 nitrogen and oxygen atoms in total. The summed E-state index contributed by atoms with van der Waals surface area (Å²) in [5.74, 6) is 1.17. The van der Waals surface area contributed by atoms with Gasteiger partial charge in [0, 0.05) is 18.5 Å². The van der Waals surface area contributed by atoms with Crippen molar-refractivity contribution in [2.24, 2.45) is 0 Å². The normalized spacial score (nSPS) is 10.7. The van der Waals surface area contributed by atoms with Crippen molar-refractivity contribution in [1.29, 1.82) is 0 Å². The van der Waals surface area contributed by atoms with Crippen molar-refractivity contribution in [2.75, 3.05) is 23.9 Å². The average molecular weight is 429 g/mol. The molecule has 0 unspecified atom stereocenters. The van der Waals surface area contributed by atoms with Crippen molar-refractivity contribution in [3.8, 4) is 5.75 Å². The second kappa shape index (κ2) is 9.30. The van der Waals surface area contributed by atoms with Crippen LogP contribution in [0.4, 0.5) is 23.0 Å². The summed E-state index contributed by atoms with van der Waals surface area (Å²) < 4.78 is 5.17. The summed E-state index contributed by atoms with van der Waals surface area (Å²) in [5.41, 5.74) is 1.64. The Kier molecular flexibility index (Phi) is 6.12. The van der Waals surface area contributed by atoms with Crippen LogP contribution in [0.15, 0.2) is 73.1 Å². The van der Waals surface area contributed by atoms with Crippen LogP contribution >= 0.6 is 0 Å². The molecule has 4 aromatic rings. The number of nitro groups is 1. The molecule has 0 spiro atoms. The molecule has 0 fully saturated rings. The largest absolute Gasteiger partial charge is 0.497 e. The first kappa shape index (κ1) is 21.0. The van der Waals surface area contributed by atoms with E-state index in [1.807, 2.05) is 78.6 Å². The summed E-state index contributed by atoms with van der Waals surface area (Å²) in [4.78, 5) is 22.0. The first-order chi connectivity index (χ1) is 15.6. The van der Waals surface area contributed by atoms with Crippen LogP contribution in [0.1, 0.15) is 12.5 Å². The van der Waals surface area contributed by atoms with E-state index >= 15 is 0 Å². The second-order valence-electron chi connectivity index (χ2n) is 7.10. The van der Waals surface area contributed by atoms with Gasteiger partial charge < -0.3 is 15.0 Å².